The number of aliphatic carboxylic acids is 1. The summed E-state index contributed by atoms with van der Waals surface area (Å²) < 4.78 is 0. The highest BCUT2D eigenvalue weighted by Crippen LogP contribution is 2.45. The van der Waals surface area contributed by atoms with Gasteiger partial charge in [-0.3, -0.25) is 4.79 Å². The molecule has 1 aliphatic heterocycles. The van der Waals surface area contributed by atoms with Crippen LogP contribution in [0, 0.1) is 0 Å². The summed E-state index contributed by atoms with van der Waals surface area (Å²) in [5, 5.41) is 29.4. The number of phenols is 2. The Kier molecular flexibility index (Phi) is 3.86. The van der Waals surface area contributed by atoms with Crippen molar-refractivity contribution in [3.63, 3.8) is 0 Å². The van der Waals surface area contributed by atoms with Gasteiger partial charge in [-0.05, 0) is 24.1 Å². The number of hydrogen-bond donors (Lipinski definition) is 3. The van der Waals surface area contributed by atoms with Crippen LogP contribution in [0.15, 0.2) is 42.5 Å². The van der Waals surface area contributed by atoms with Crippen molar-refractivity contribution in [2.45, 2.75) is 31.8 Å². The van der Waals surface area contributed by atoms with E-state index >= 15 is 0 Å². The number of hydrogen-bond acceptors (Lipinski definition) is 4. The summed E-state index contributed by atoms with van der Waals surface area (Å²) in [7, 11) is 0. The normalized spacial score (nSPS) is 19.6. The van der Waals surface area contributed by atoms with Crippen molar-refractivity contribution in [1.29, 1.82) is 0 Å². The van der Waals surface area contributed by atoms with E-state index in [9.17, 15) is 20.1 Å². The van der Waals surface area contributed by atoms with Crippen molar-refractivity contribution in [3.8, 4) is 11.5 Å². The zero-order chi connectivity index (χ0) is 16.6. The second-order valence-corrected chi connectivity index (χ2v) is 5.79. The monoisotopic (exact) mass is 313 g/mol. The summed E-state index contributed by atoms with van der Waals surface area (Å²) in [5.74, 6) is -1.22. The lowest BCUT2D eigenvalue weighted by Crippen LogP contribution is -2.35. The fourth-order valence-electron chi connectivity index (χ4n) is 3.39. The Hall–Kier alpha value is -2.69. The highest BCUT2D eigenvalue weighted by Gasteiger charge is 2.42. The smallest absolute Gasteiger partial charge is 0.313 e. The van der Waals surface area contributed by atoms with E-state index in [1.807, 2.05) is 24.0 Å². The van der Waals surface area contributed by atoms with E-state index in [0.29, 0.717) is 24.2 Å². The average Bonchev–Trinajstić information content (AvgIpc) is 2.82. The van der Waals surface area contributed by atoms with Crippen LogP contribution in [-0.2, 0) is 11.3 Å². The molecule has 0 aromatic heterocycles. The van der Waals surface area contributed by atoms with Crippen LogP contribution < -0.4 is 4.90 Å². The number of fused-ring (bicyclic) bond motifs is 1. The van der Waals surface area contributed by atoms with Gasteiger partial charge in [-0.15, -0.1) is 0 Å². The summed E-state index contributed by atoms with van der Waals surface area (Å²) in [6, 6.07) is 11.6. The van der Waals surface area contributed by atoms with E-state index in [0.717, 1.165) is 5.56 Å². The summed E-state index contributed by atoms with van der Waals surface area (Å²) >= 11 is 0. The minimum Gasteiger partial charge on any atom is -0.508 e. The largest absolute Gasteiger partial charge is 0.508 e. The van der Waals surface area contributed by atoms with Crippen molar-refractivity contribution in [2.24, 2.45) is 0 Å². The zero-order valence-electron chi connectivity index (χ0n) is 12.8. The molecule has 0 aliphatic carbocycles. The highest BCUT2D eigenvalue weighted by atomic mass is 16.4. The van der Waals surface area contributed by atoms with Crippen LogP contribution in [-0.4, -0.2) is 27.3 Å². The Morgan fingerprint density at radius 1 is 1.17 bits per heavy atom. The number of phenolic OH excluding ortho intramolecular Hbond substituents is 2. The number of para-hydroxylation sites is 1. The molecule has 2 aromatic rings. The molecule has 0 bridgehead atoms. The number of aromatic hydroxyl groups is 2. The lowest BCUT2D eigenvalue weighted by atomic mass is 9.93. The number of benzene rings is 2. The molecule has 1 heterocycles. The van der Waals surface area contributed by atoms with E-state index in [1.54, 1.807) is 24.3 Å². The fraction of sp³-hybridized carbons (Fsp3) is 0.278. The van der Waals surface area contributed by atoms with Crippen LogP contribution in [0.25, 0.3) is 0 Å². The first kappa shape index (κ1) is 15.2. The van der Waals surface area contributed by atoms with Crippen LogP contribution >= 0.6 is 0 Å². The van der Waals surface area contributed by atoms with Crippen LogP contribution in [0.5, 0.6) is 11.5 Å². The molecule has 0 saturated carbocycles. The molecule has 23 heavy (non-hydrogen) atoms. The topological polar surface area (TPSA) is 81.0 Å². The Bertz CT molecular complexity index is 744. The van der Waals surface area contributed by atoms with E-state index in [1.165, 1.54) is 6.07 Å². The summed E-state index contributed by atoms with van der Waals surface area (Å²) in [5.41, 5.74) is 2.15. The van der Waals surface area contributed by atoms with Crippen molar-refractivity contribution < 1.29 is 20.1 Å². The number of anilines is 1. The molecule has 1 aliphatic rings. The van der Waals surface area contributed by atoms with Crippen LogP contribution in [0.4, 0.5) is 5.69 Å². The standard InChI is InChI=1S/C18H19NO4/c1-2-14-17(18(22)23)13-8-7-12(20)9-15(13)19(14)10-11-5-3-4-6-16(11)21/h3-9,14,17,20-21H,2,10H2,1H3,(H,22,23). The summed E-state index contributed by atoms with van der Waals surface area (Å²) in [6.07, 6.45) is 0.653. The van der Waals surface area contributed by atoms with Gasteiger partial charge in [-0.25, -0.2) is 0 Å². The second-order valence-electron chi connectivity index (χ2n) is 5.79. The SMILES string of the molecule is CCC1C(C(=O)O)c2ccc(O)cc2N1Cc1ccccc1O. The number of rotatable bonds is 4. The molecule has 2 aromatic carbocycles. The van der Waals surface area contributed by atoms with Gasteiger partial charge >= 0.3 is 5.97 Å². The predicted octanol–water partition coefficient (Wildman–Crippen LogP) is 3.06. The summed E-state index contributed by atoms with van der Waals surface area (Å²) in [6.45, 7) is 2.34. The molecular formula is C18H19NO4. The second kappa shape index (κ2) is 5.83. The molecule has 0 spiro atoms. The van der Waals surface area contributed by atoms with Crippen LogP contribution in [0.2, 0.25) is 0 Å². The van der Waals surface area contributed by atoms with Gasteiger partial charge in [0, 0.05) is 29.9 Å². The van der Waals surface area contributed by atoms with Crippen molar-refractivity contribution in [3.05, 3.63) is 53.6 Å². The van der Waals surface area contributed by atoms with Crippen LogP contribution in [0.3, 0.4) is 0 Å². The molecule has 0 saturated heterocycles. The number of nitrogens with zero attached hydrogens (tertiary/aromatic N) is 1. The maximum atomic E-state index is 11.7. The predicted molar refractivity (Wildman–Crippen MR) is 86.9 cm³/mol. The quantitative estimate of drug-likeness (QED) is 0.808. The van der Waals surface area contributed by atoms with Gasteiger partial charge in [0.2, 0.25) is 0 Å². The Morgan fingerprint density at radius 2 is 1.91 bits per heavy atom. The minimum absolute atomic E-state index is 0.104. The highest BCUT2D eigenvalue weighted by molar-refractivity contribution is 5.84. The van der Waals surface area contributed by atoms with Gasteiger partial charge in [0.25, 0.3) is 0 Å². The molecule has 2 atom stereocenters. The molecular weight excluding hydrogens is 294 g/mol. The first-order chi connectivity index (χ1) is 11.0. The van der Waals surface area contributed by atoms with Crippen molar-refractivity contribution >= 4 is 11.7 Å². The first-order valence-electron chi connectivity index (χ1n) is 7.62. The lowest BCUT2D eigenvalue weighted by Gasteiger charge is -2.28. The third-order valence-corrected chi connectivity index (χ3v) is 4.46. The van der Waals surface area contributed by atoms with E-state index in [4.69, 9.17) is 0 Å². The van der Waals surface area contributed by atoms with Gasteiger partial charge in [0.05, 0.1) is 0 Å². The number of carboxylic acids is 1. The molecule has 120 valence electrons. The van der Waals surface area contributed by atoms with Gasteiger partial charge in [-0.2, -0.15) is 0 Å². The molecule has 3 rings (SSSR count). The van der Waals surface area contributed by atoms with Crippen molar-refractivity contribution in [1.82, 2.24) is 0 Å². The molecule has 0 radical (unpaired) electrons. The molecule has 3 N–H and O–H groups in total. The fourth-order valence-corrected chi connectivity index (χ4v) is 3.39. The maximum Gasteiger partial charge on any atom is 0.313 e. The first-order valence-corrected chi connectivity index (χ1v) is 7.62. The van der Waals surface area contributed by atoms with Gasteiger partial charge in [0.15, 0.2) is 0 Å². The maximum absolute atomic E-state index is 11.7. The molecule has 5 nitrogen and oxygen atoms in total. The van der Waals surface area contributed by atoms with Crippen LogP contribution in [0.1, 0.15) is 30.4 Å². The van der Waals surface area contributed by atoms with E-state index < -0.39 is 11.9 Å². The van der Waals surface area contributed by atoms with Crippen molar-refractivity contribution in [2.75, 3.05) is 4.90 Å². The van der Waals surface area contributed by atoms with Gasteiger partial charge in [-0.1, -0.05) is 31.2 Å². The van der Waals surface area contributed by atoms with Gasteiger partial charge < -0.3 is 20.2 Å². The molecule has 0 fully saturated rings. The third kappa shape index (κ3) is 2.59. The summed E-state index contributed by atoms with van der Waals surface area (Å²) in [4.78, 5) is 13.7. The minimum atomic E-state index is -0.872. The zero-order valence-corrected chi connectivity index (χ0v) is 12.8. The lowest BCUT2D eigenvalue weighted by molar-refractivity contribution is -0.139. The Balaban J connectivity index is 2.06. The van der Waals surface area contributed by atoms with E-state index in [-0.39, 0.29) is 17.5 Å². The number of carbonyl (C=O) groups is 1. The molecule has 5 heteroatoms. The van der Waals surface area contributed by atoms with E-state index in [2.05, 4.69) is 0 Å². The number of carboxylic acid groups (broad SMARTS) is 1. The Labute approximate surface area is 134 Å². The average molecular weight is 313 g/mol. The van der Waals surface area contributed by atoms with Gasteiger partial charge in [0.1, 0.15) is 17.4 Å². The Morgan fingerprint density at radius 3 is 2.57 bits per heavy atom. The third-order valence-electron chi connectivity index (χ3n) is 4.46. The molecule has 2 unspecified atom stereocenters. The molecule has 0 amide bonds.